The van der Waals surface area contributed by atoms with Crippen molar-refractivity contribution in [2.75, 3.05) is 0 Å². The minimum atomic E-state index is -1.11. The zero-order chi connectivity index (χ0) is 32.5. The number of hydrogen-bond donors (Lipinski definition) is 0. The summed E-state index contributed by atoms with van der Waals surface area (Å²) in [6, 6.07) is 65.2. The molecule has 0 aliphatic heterocycles. The predicted octanol–water partition coefficient (Wildman–Crippen LogP) is 10.5. The second-order valence-electron chi connectivity index (χ2n) is 11.6. The molecule has 4 heteroatoms. The normalized spacial score (nSPS) is 11.5. The number of hydrogen-bond acceptors (Lipinski definition) is 0. The Bertz CT molecular complexity index is 2280. The molecule has 0 amide bonds. The van der Waals surface area contributed by atoms with Gasteiger partial charge < -0.3 is 0 Å². The van der Waals surface area contributed by atoms with Crippen molar-refractivity contribution in [2.45, 2.75) is 0 Å². The molecule has 0 N–H and O–H groups in total. The Morgan fingerprint density at radius 1 is 0.354 bits per heavy atom. The van der Waals surface area contributed by atoms with Gasteiger partial charge in [-0.2, -0.15) is 0 Å². The third-order valence-corrected chi connectivity index (χ3v) is 14.8. The molecule has 0 nitrogen and oxygen atoms in total. The lowest BCUT2D eigenvalue weighted by atomic mass is 9.93. The van der Waals surface area contributed by atoms with E-state index >= 15 is 0 Å². The maximum Gasteiger partial charge on any atom is 0.0589 e. The van der Waals surface area contributed by atoms with Crippen molar-refractivity contribution in [1.82, 2.24) is 0 Å². The average Bonchev–Trinajstić information content (AvgIpc) is 3.15. The number of benzene rings is 8. The molecule has 8 aromatic rings. The Kier molecular flexibility index (Phi) is 8.84. The molecule has 0 fully saturated rings. The molecular weight excluding hydrogens is 661 g/mol. The predicted molar refractivity (Wildman–Crippen MR) is 214 cm³/mol. The van der Waals surface area contributed by atoms with Gasteiger partial charge in [-0.05, 0) is 70.4 Å². The smallest absolute Gasteiger partial charge is 0.0589 e. The van der Waals surface area contributed by atoms with Crippen LogP contribution in [0.2, 0.25) is 10.0 Å². The summed E-state index contributed by atoms with van der Waals surface area (Å²) in [7, 11) is -2.20. The fraction of sp³-hybridized carbons (Fsp3) is 0. The van der Waals surface area contributed by atoms with Crippen molar-refractivity contribution < 1.29 is 0 Å². The zero-order valence-corrected chi connectivity index (χ0v) is 29.3. The van der Waals surface area contributed by atoms with E-state index in [9.17, 15) is 0 Å². The highest BCUT2D eigenvalue weighted by Crippen LogP contribution is 2.49. The quantitative estimate of drug-likeness (QED) is 0.146. The van der Waals surface area contributed by atoms with Crippen LogP contribution in [0.3, 0.4) is 0 Å². The summed E-state index contributed by atoms with van der Waals surface area (Å²) in [5.74, 6) is 0. The van der Waals surface area contributed by atoms with Gasteiger partial charge in [0.15, 0.2) is 0 Å². The van der Waals surface area contributed by atoms with Gasteiger partial charge in [-0.1, -0.05) is 199 Å². The molecule has 0 atom stereocenters. The first-order valence-electron chi connectivity index (χ1n) is 15.9. The highest BCUT2D eigenvalue weighted by molar-refractivity contribution is 7.85. The molecule has 0 spiro atoms. The lowest BCUT2D eigenvalue weighted by Gasteiger charge is -2.32. The van der Waals surface area contributed by atoms with E-state index < -0.39 is 15.8 Å². The second-order valence-corrected chi connectivity index (χ2v) is 16.7. The van der Waals surface area contributed by atoms with Gasteiger partial charge in [-0.3, -0.25) is 0 Å². The molecule has 0 aliphatic rings. The van der Waals surface area contributed by atoms with Crippen LogP contribution in [0.5, 0.6) is 0 Å². The summed E-state index contributed by atoms with van der Waals surface area (Å²) in [5.41, 5.74) is 2.38. The summed E-state index contributed by atoms with van der Waals surface area (Å²) in [6.45, 7) is 0. The zero-order valence-electron chi connectivity index (χ0n) is 26.0. The van der Waals surface area contributed by atoms with E-state index in [0.29, 0.717) is 5.02 Å². The summed E-state index contributed by atoms with van der Waals surface area (Å²) < 4.78 is 0. The number of halogens is 2. The van der Waals surface area contributed by atoms with Crippen LogP contribution < -0.4 is 31.8 Å². The molecule has 0 aromatic heterocycles. The maximum atomic E-state index is 7.89. The molecule has 8 aromatic carbocycles. The van der Waals surface area contributed by atoms with Crippen molar-refractivity contribution in [3.05, 3.63) is 192 Å². The van der Waals surface area contributed by atoms with Gasteiger partial charge in [0.25, 0.3) is 0 Å². The maximum absolute atomic E-state index is 7.89. The standard InChI is InChI=1S/C44H30Cl2P2/c45-39-30-16-29-38-40(37-28-15-18-31-17-13-14-27-36(31)37)43(47(32-19-5-1-6-20-32)33-21-7-2-8-22-33)44(42(46)41(38)39)48(34-23-9-3-10-24-34)35-25-11-4-12-26-35/h1-30H. The first kappa shape index (κ1) is 31.0. The Morgan fingerprint density at radius 2 is 0.771 bits per heavy atom. The van der Waals surface area contributed by atoms with Crippen molar-refractivity contribution in [3.63, 3.8) is 0 Å². The van der Waals surface area contributed by atoms with Crippen LogP contribution in [0.4, 0.5) is 0 Å². The van der Waals surface area contributed by atoms with Gasteiger partial charge in [0.1, 0.15) is 0 Å². The molecule has 0 unspecified atom stereocenters. The first-order valence-corrected chi connectivity index (χ1v) is 19.4. The van der Waals surface area contributed by atoms with Gasteiger partial charge in [-0.15, -0.1) is 0 Å². The fourth-order valence-electron chi connectivity index (χ4n) is 6.68. The SMILES string of the molecule is Clc1cccc2c(-c3cccc4ccccc34)c(P(c3ccccc3)c3ccccc3)c(P(c3ccccc3)c3ccccc3)c(Cl)c12. The summed E-state index contributed by atoms with van der Waals surface area (Å²) >= 11 is 15.1. The Balaban J connectivity index is 1.64. The Hall–Kier alpha value is -4.28. The van der Waals surface area contributed by atoms with E-state index in [1.54, 1.807) is 0 Å². The van der Waals surface area contributed by atoms with Gasteiger partial charge >= 0.3 is 0 Å². The number of fused-ring (bicyclic) bond motifs is 2. The van der Waals surface area contributed by atoms with Crippen LogP contribution in [0.1, 0.15) is 0 Å². The Labute approximate surface area is 294 Å². The van der Waals surface area contributed by atoms with Gasteiger partial charge in [0, 0.05) is 21.0 Å². The van der Waals surface area contributed by atoms with Crippen LogP contribution in [-0.4, -0.2) is 0 Å². The van der Waals surface area contributed by atoms with Gasteiger partial charge in [0.2, 0.25) is 0 Å². The van der Waals surface area contributed by atoms with Crippen molar-refractivity contribution >= 4 is 92.4 Å². The van der Waals surface area contributed by atoms with Crippen LogP contribution in [0.25, 0.3) is 32.7 Å². The molecular formula is C44H30Cl2P2. The van der Waals surface area contributed by atoms with Crippen LogP contribution >= 0.6 is 39.0 Å². The van der Waals surface area contributed by atoms with Crippen molar-refractivity contribution in [2.24, 2.45) is 0 Å². The lowest BCUT2D eigenvalue weighted by molar-refractivity contribution is 1.71. The molecule has 230 valence electrons. The average molecular weight is 692 g/mol. The highest BCUT2D eigenvalue weighted by Gasteiger charge is 2.33. The topological polar surface area (TPSA) is 0 Å². The molecule has 0 radical (unpaired) electrons. The molecule has 0 saturated carbocycles. The molecule has 0 saturated heterocycles. The summed E-state index contributed by atoms with van der Waals surface area (Å²) in [6.07, 6.45) is 0. The Morgan fingerprint density at radius 3 is 1.31 bits per heavy atom. The molecule has 48 heavy (non-hydrogen) atoms. The third-order valence-electron chi connectivity index (χ3n) is 8.74. The largest absolute Gasteiger partial charge is 0.0836 e. The minimum Gasteiger partial charge on any atom is -0.0836 e. The van der Waals surface area contributed by atoms with E-state index in [1.165, 1.54) is 48.4 Å². The van der Waals surface area contributed by atoms with Gasteiger partial charge in [0.05, 0.1) is 5.02 Å². The fourth-order valence-corrected chi connectivity index (χ4v) is 13.1. The summed E-state index contributed by atoms with van der Waals surface area (Å²) in [4.78, 5) is 0. The van der Waals surface area contributed by atoms with Gasteiger partial charge in [-0.25, -0.2) is 0 Å². The molecule has 8 rings (SSSR count). The third kappa shape index (κ3) is 5.64. The first-order chi connectivity index (χ1) is 23.7. The summed E-state index contributed by atoms with van der Waals surface area (Å²) in [5, 5.41) is 13.2. The van der Waals surface area contributed by atoms with E-state index in [2.05, 4.69) is 176 Å². The molecule has 0 aliphatic carbocycles. The number of rotatable bonds is 7. The minimum absolute atomic E-state index is 0.659. The molecule has 0 heterocycles. The van der Waals surface area contributed by atoms with Crippen molar-refractivity contribution in [3.8, 4) is 11.1 Å². The van der Waals surface area contributed by atoms with E-state index in [4.69, 9.17) is 23.2 Å². The lowest BCUT2D eigenvalue weighted by Crippen LogP contribution is -2.37. The monoisotopic (exact) mass is 690 g/mol. The van der Waals surface area contributed by atoms with Crippen LogP contribution in [0.15, 0.2) is 182 Å². The van der Waals surface area contributed by atoms with E-state index in [-0.39, 0.29) is 0 Å². The van der Waals surface area contributed by atoms with Crippen LogP contribution in [-0.2, 0) is 0 Å². The van der Waals surface area contributed by atoms with E-state index in [1.807, 2.05) is 6.07 Å². The molecule has 0 bridgehead atoms. The highest BCUT2D eigenvalue weighted by atomic mass is 35.5. The second kappa shape index (κ2) is 13.7. The van der Waals surface area contributed by atoms with Crippen LogP contribution in [0, 0.1) is 0 Å². The van der Waals surface area contributed by atoms with E-state index in [0.717, 1.165) is 21.1 Å². The van der Waals surface area contributed by atoms with Crippen molar-refractivity contribution in [1.29, 1.82) is 0 Å².